The van der Waals surface area contributed by atoms with Crippen LogP contribution in [0.15, 0.2) is 72.8 Å². The summed E-state index contributed by atoms with van der Waals surface area (Å²) in [4.78, 5) is 27.7. The van der Waals surface area contributed by atoms with Crippen LogP contribution in [-0.4, -0.2) is 29.5 Å². The van der Waals surface area contributed by atoms with Crippen LogP contribution in [0.1, 0.15) is 30.0 Å². The van der Waals surface area contributed by atoms with Crippen molar-refractivity contribution in [3.63, 3.8) is 0 Å². The third-order valence-corrected chi connectivity index (χ3v) is 5.81. The van der Waals surface area contributed by atoms with Crippen molar-refractivity contribution in [2.75, 3.05) is 6.79 Å². The van der Waals surface area contributed by atoms with Crippen LogP contribution in [-0.2, 0) is 29.1 Å². The molecule has 7 heteroatoms. The van der Waals surface area contributed by atoms with Crippen LogP contribution in [0.2, 0.25) is 0 Å². The van der Waals surface area contributed by atoms with Gasteiger partial charge in [-0.25, -0.2) is 4.39 Å². The van der Waals surface area contributed by atoms with Gasteiger partial charge in [0, 0.05) is 19.5 Å². The number of ether oxygens (including phenoxy) is 2. The summed E-state index contributed by atoms with van der Waals surface area (Å²) in [7, 11) is 0. The second-order valence-corrected chi connectivity index (χ2v) is 8.22. The lowest BCUT2D eigenvalue weighted by atomic mass is 10.1. The fourth-order valence-corrected chi connectivity index (χ4v) is 3.80. The highest BCUT2D eigenvalue weighted by molar-refractivity contribution is 5.87. The van der Waals surface area contributed by atoms with Crippen molar-refractivity contribution in [3.05, 3.63) is 95.3 Å². The molecule has 0 aliphatic carbocycles. The summed E-state index contributed by atoms with van der Waals surface area (Å²) in [5.74, 6) is 0.568. The Labute approximate surface area is 198 Å². The third-order valence-electron chi connectivity index (χ3n) is 5.81. The van der Waals surface area contributed by atoms with Crippen molar-refractivity contribution in [2.45, 2.75) is 38.9 Å². The quantitative estimate of drug-likeness (QED) is 0.517. The van der Waals surface area contributed by atoms with Gasteiger partial charge in [-0.05, 0) is 54.3 Å². The molecule has 34 heavy (non-hydrogen) atoms. The van der Waals surface area contributed by atoms with Crippen LogP contribution in [0.5, 0.6) is 11.5 Å². The molecule has 0 bridgehead atoms. The summed E-state index contributed by atoms with van der Waals surface area (Å²) in [6, 6.07) is 20.5. The van der Waals surface area contributed by atoms with Gasteiger partial charge in [0.25, 0.3) is 0 Å². The largest absolute Gasteiger partial charge is 0.454 e. The zero-order valence-corrected chi connectivity index (χ0v) is 19.0. The monoisotopic (exact) mass is 462 g/mol. The second kappa shape index (κ2) is 10.8. The van der Waals surface area contributed by atoms with Crippen molar-refractivity contribution < 1.29 is 23.5 Å². The molecule has 0 saturated carbocycles. The molecule has 0 fully saturated rings. The standard InChI is InChI=1S/C27H27FN2O4/c1-19(27(32)29-16-22-9-13-24-25(15-22)34-18-33-24)30(17-21-7-11-23(28)12-8-21)26(31)14-10-20-5-3-2-4-6-20/h2-9,11-13,15,19H,10,14,16-18H2,1H3,(H,29,32)/t19-/m0/s1. The number of carbonyl (C=O) groups excluding carboxylic acids is 2. The van der Waals surface area contributed by atoms with E-state index in [2.05, 4.69) is 5.32 Å². The van der Waals surface area contributed by atoms with E-state index in [4.69, 9.17) is 9.47 Å². The summed E-state index contributed by atoms with van der Waals surface area (Å²) in [6.45, 7) is 2.40. The van der Waals surface area contributed by atoms with Crippen molar-refractivity contribution in [3.8, 4) is 11.5 Å². The predicted molar refractivity (Wildman–Crippen MR) is 126 cm³/mol. The molecule has 1 heterocycles. The van der Waals surface area contributed by atoms with E-state index in [1.807, 2.05) is 42.5 Å². The maximum atomic E-state index is 13.4. The highest BCUT2D eigenvalue weighted by atomic mass is 19.1. The first-order valence-electron chi connectivity index (χ1n) is 11.2. The number of nitrogens with one attached hydrogen (secondary N) is 1. The van der Waals surface area contributed by atoms with Crippen LogP contribution < -0.4 is 14.8 Å². The fraction of sp³-hybridized carbons (Fsp3) is 0.259. The maximum absolute atomic E-state index is 13.4. The molecule has 4 rings (SSSR count). The molecule has 1 aliphatic heterocycles. The Morgan fingerprint density at radius 2 is 1.65 bits per heavy atom. The molecule has 0 radical (unpaired) electrons. The van der Waals surface area contributed by atoms with Gasteiger partial charge >= 0.3 is 0 Å². The van der Waals surface area contributed by atoms with E-state index in [0.29, 0.717) is 24.5 Å². The van der Waals surface area contributed by atoms with E-state index in [1.54, 1.807) is 30.0 Å². The molecule has 3 aromatic carbocycles. The summed E-state index contributed by atoms with van der Waals surface area (Å²) < 4.78 is 24.1. The van der Waals surface area contributed by atoms with E-state index < -0.39 is 6.04 Å². The van der Waals surface area contributed by atoms with Crippen LogP contribution in [0, 0.1) is 5.82 Å². The minimum absolute atomic E-state index is 0.140. The van der Waals surface area contributed by atoms with Gasteiger partial charge in [-0.15, -0.1) is 0 Å². The van der Waals surface area contributed by atoms with E-state index in [-0.39, 0.29) is 37.4 Å². The lowest BCUT2D eigenvalue weighted by molar-refractivity contribution is -0.140. The first-order chi connectivity index (χ1) is 16.5. The molecule has 1 N–H and O–H groups in total. The van der Waals surface area contributed by atoms with Gasteiger partial charge in [0.05, 0.1) is 0 Å². The van der Waals surface area contributed by atoms with Gasteiger partial charge in [-0.1, -0.05) is 48.5 Å². The van der Waals surface area contributed by atoms with E-state index in [9.17, 15) is 14.0 Å². The van der Waals surface area contributed by atoms with Gasteiger partial charge in [0.2, 0.25) is 18.6 Å². The lowest BCUT2D eigenvalue weighted by Gasteiger charge is -2.29. The fourth-order valence-electron chi connectivity index (χ4n) is 3.80. The molecular weight excluding hydrogens is 435 g/mol. The lowest BCUT2D eigenvalue weighted by Crippen LogP contribution is -2.47. The average molecular weight is 463 g/mol. The third kappa shape index (κ3) is 5.92. The summed E-state index contributed by atoms with van der Waals surface area (Å²) >= 11 is 0. The maximum Gasteiger partial charge on any atom is 0.242 e. The normalized spacial score (nSPS) is 12.8. The highest BCUT2D eigenvalue weighted by Crippen LogP contribution is 2.32. The van der Waals surface area contributed by atoms with Crippen molar-refractivity contribution in [1.82, 2.24) is 10.2 Å². The Hall–Kier alpha value is -3.87. The van der Waals surface area contributed by atoms with Gasteiger partial charge < -0.3 is 19.7 Å². The summed E-state index contributed by atoms with van der Waals surface area (Å²) in [5.41, 5.74) is 2.67. The van der Waals surface area contributed by atoms with Crippen molar-refractivity contribution in [1.29, 1.82) is 0 Å². The second-order valence-electron chi connectivity index (χ2n) is 8.22. The number of amides is 2. The number of halogens is 1. The zero-order valence-electron chi connectivity index (χ0n) is 19.0. The molecule has 6 nitrogen and oxygen atoms in total. The Bertz CT molecular complexity index is 1140. The minimum atomic E-state index is -0.706. The number of carbonyl (C=O) groups is 2. The van der Waals surface area contributed by atoms with E-state index in [0.717, 1.165) is 16.7 Å². The molecule has 176 valence electrons. The molecule has 0 unspecified atom stereocenters. The first kappa shape index (κ1) is 23.3. The summed E-state index contributed by atoms with van der Waals surface area (Å²) in [6.07, 6.45) is 0.843. The molecule has 0 saturated heterocycles. The Morgan fingerprint density at radius 3 is 2.41 bits per heavy atom. The zero-order chi connectivity index (χ0) is 23.9. The molecule has 2 amide bonds. The molecule has 1 atom stereocenters. The van der Waals surface area contributed by atoms with Gasteiger partial charge in [0.15, 0.2) is 11.5 Å². The SMILES string of the molecule is C[C@@H](C(=O)NCc1ccc2c(c1)OCO2)N(Cc1ccc(F)cc1)C(=O)CCc1ccccc1. The number of nitrogens with zero attached hydrogens (tertiary/aromatic N) is 1. The summed E-state index contributed by atoms with van der Waals surface area (Å²) in [5, 5.41) is 2.90. The molecule has 0 spiro atoms. The van der Waals surface area contributed by atoms with Crippen molar-refractivity contribution in [2.24, 2.45) is 0 Å². The first-order valence-corrected chi connectivity index (χ1v) is 11.2. The van der Waals surface area contributed by atoms with Gasteiger partial charge in [-0.3, -0.25) is 9.59 Å². The molecular formula is C27H27FN2O4. The van der Waals surface area contributed by atoms with E-state index >= 15 is 0 Å². The number of hydrogen-bond acceptors (Lipinski definition) is 4. The Balaban J connectivity index is 1.42. The van der Waals surface area contributed by atoms with Gasteiger partial charge in [0.1, 0.15) is 11.9 Å². The molecule has 0 aromatic heterocycles. The topological polar surface area (TPSA) is 67.9 Å². The Morgan fingerprint density at radius 1 is 0.941 bits per heavy atom. The number of aryl methyl sites for hydroxylation is 1. The number of hydrogen-bond donors (Lipinski definition) is 1. The van der Waals surface area contributed by atoms with Crippen molar-refractivity contribution >= 4 is 11.8 Å². The average Bonchev–Trinajstić information content (AvgIpc) is 3.33. The minimum Gasteiger partial charge on any atom is -0.454 e. The van der Waals surface area contributed by atoms with Crippen LogP contribution in [0.3, 0.4) is 0 Å². The number of benzene rings is 3. The van der Waals surface area contributed by atoms with Crippen LogP contribution >= 0.6 is 0 Å². The molecule has 3 aromatic rings. The highest BCUT2D eigenvalue weighted by Gasteiger charge is 2.26. The molecule has 1 aliphatic rings. The van der Waals surface area contributed by atoms with Crippen LogP contribution in [0.4, 0.5) is 4.39 Å². The van der Waals surface area contributed by atoms with E-state index in [1.165, 1.54) is 12.1 Å². The van der Waals surface area contributed by atoms with Crippen LogP contribution in [0.25, 0.3) is 0 Å². The number of fused-ring (bicyclic) bond motifs is 1. The Kier molecular flexibility index (Phi) is 7.42. The van der Waals surface area contributed by atoms with Gasteiger partial charge in [-0.2, -0.15) is 0 Å². The smallest absolute Gasteiger partial charge is 0.242 e. The predicted octanol–water partition coefficient (Wildman–Crippen LogP) is 4.22. The number of rotatable bonds is 9.